The van der Waals surface area contributed by atoms with Gasteiger partial charge in [0, 0.05) is 17.9 Å². The van der Waals surface area contributed by atoms with Crippen LogP contribution in [0.3, 0.4) is 0 Å². The number of benzene rings is 1. The first kappa shape index (κ1) is 13.3. The summed E-state index contributed by atoms with van der Waals surface area (Å²) in [6, 6.07) is 5.17. The molecular weight excluding hydrogens is 243 g/mol. The summed E-state index contributed by atoms with van der Waals surface area (Å²) in [5.74, 6) is 0.337. The monoisotopic (exact) mass is 257 g/mol. The Morgan fingerprint density at radius 2 is 2.39 bits per heavy atom. The third-order valence-corrected chi connectivity index (χ3v) is 2.76. The van der Waals surface area contributed by atoms with E-state index >= 15 is 0 Å². The van der Waals surface area contributed by atoms with E-state index in [1.165, 1.54) is 0 Å². The molecule has 0 bridgehead atoms. The van der Waals surface area contributed by atoms with Crippen LogP contribution in [0.25, 0.3) is 0 Å². The average Bonchev–Trinajstić information content (AvgIpc) is 2.84. The normalized spacial score (nSPS) is 19.0. The van der Waals surface area contributed by atoms with Gasteiger partial charge in [0.1, 0.15) is 5.75 Å². The standard InChI is InChI=1S/C11H14BF2NO3/c1-15-5-8-4-7(9-6-16-18-12-9)2-3-10(8)17-11(13)14/h2-4,9,11-12,15H,5-6H2,1H3. The molecule has 0 aliphatic carbocycles. The largest absolute Gasteiger partial charge is 0.434 e. The molecular formula is C11H14BF2NO3. The van der Waals surface area contributed by atoms with Gasteiger partial charge >= 0.3 is 14.1 Å². The zero-order valence-electron chi connectivity index (χ0n) is 9.99. The lowest BCUT2D eigenvalue weighted by atomic mass is 9.76. The summed E-state index contributed by atoms with van der Waals surface area (Å²) in [5.41, 5.74) is 1.70. The van der Waals surface area contributed by atoms with E-state index in [0.717, 1.165) is 5.56 Å². The molecule has 18 heavy (non-hydrogen) atoms. The highest BCUT2D eigenvalue weighted by Crippen LogP contribution is 2.27. The van der Waals surface area contributed by atoms with Crippen LogP contribution in [-0.4, -0.2) is 27.7 Å². The molecule has 2 rings (SSSR count). The van der Waals surface area contributed by atoms with E-state index in [-0.39, 0.29) is 11.6 Å². The highest BCUT2D eigenvalue weighted by Gasteiger charge is 2.23. The average molecular weight is 257 g/mol. The summed E-state index contributed by atoms with van der Waals surface area (Å²) in [4.78, 5) is 9.68. The second-order valence-corrected chi connectivity index (χ2v) is 4.04. The molecule has 0 radical (unpaired) electrons. The molecule has 1 fully saturated rings. The van der Waals surface area contributed by atoms with Gasteiger partial charge in [0.2, 0.25) is 0 Å². The molecule has 1 heterocycles. The van der Waals surface area contributed by atoms with Crippen molar-refractivity contribution in [1.82, 2.24) is 5.32 Å². The SMILES string of the molecule is CNCc1cc(C2BOOC2)ccc1OC(F)F. The molecule has 0 spiro atoms. The maximum Gasteiger partial charge on any atom is 0.387 e. The summed E-state index contributed by atoms with van der Waals surface area (Å²) in [5, 5.41) is 2.93. The first-order valence-corrected chi connectivity index (χ1v) is 5.67. The summed E-state index contributed by atoms with van der Waals surface area (Å²) in [6.45, 7) is -1.87. The van der Waals surface area contributed by atoms with Crippen LogP contribution >= 0.6 is 0 Å². The van der Waals surface area contributed by atoms with Crippen molar-refractivity contribution in [1.29, 1.82) is 0 Å². The van der Waals surface area contributed by atoms with Crippen molar-refractivity contribution in [3.05, 3.63) is 29.3 Å². The Balaban J connectivity index is 2.21. The minimum Gasteiger partial charge on any atom is -0.434 e. The molecule has 4 nitrogen and oxygen atoms in total. The van der Waals surface area contributed by atoms with E-state index in [2.05, 4.69) is 10.1 Å². The molecule has 0 saturated carbocycles. The number of hydrogen-bond donors (Lipinski definition) is 1. The predicted octanol–water partition coefficient (Wildman–Crippen LogP) is 1.36. The van der Waals surface area contributed by atoms with Gasteiger partial charge in [-0.25, -0.2) is 0 Å². The van der Waals surface area contributed by atoms with Crippen LogP contribution in [0.5, 0.6) is 5.75 Å². The van der Waals surface area contributed by atoms with Gasteiger partial charge in [0.05, 0.1) is 6.61 Å². The maximum absolute atomic E-state index is 12.3. The van der Waals surface area contributed by atoms with Crippen molar-refractivity contribution in [3.63, 3.8) is 0 Å². The Bertz CT molecular complexity index is 400. The van der Waals surface area contributed by atoms with Gasteiger partial charge in [0.25, 0.3) is 0 Å². The lowest BCUT2D eigenvalue weighted by Gasteiger charge is -2.13. The first-order valence-electron chi connectivity index (χ1n) is 5.67. The summed E-state index contributed by atoms with van der Waals surface area (Å²) < 4.78 is 29.0. The maximum atomic E-state index is 12.3. The van der Waals surface area contributed by atoms with Gasteiger partial charge in [0.15, 0.2) is 0 Å². The smallest absolute Gasteiger partial charge is 0.387 e. The Labute approximate surface area is 104 Å². The van der Waals surface area contributed by atoms with Crippen molar-refractivity contribution in [2.75, 3.05) is 13.7 Å². The lowest BCUT2D eigenvalue weighted by Crippen LogP contribution is -2.12. The predicted molar refractivity (Wildman–Crippen MR) is 62.8 cm³/mol. The summed E-state index contributed by atoms with van der Waals surface area (Å²) in [6.07, 6.45) is 0. The Morgan fingerprint density at radius 3 is 3.00 bits per heavy atom. The molecule has 0 amide bonds. The van der Waals surface area contributed by atoms with Gasteiger partial charge in [-0.05, 0) is 18.7 Å². The van der Waals surface area contributed by atoms with Crippen LogP contribution < -0.4 is 10.1 Å². The van der Waals surface area contributed by atoms with Crippen LogP contribution in [0.4, 0.5) is 8.78 Å². The van der Waals surface area contributed by atoms with Crippen molar-refractivity contribution in [3.8, 4) is 5.75 Å². The van der Waals surface area contributed by atoms with E-state index in [1.54, 1.807) is 19.2 Å². The second kappa shape index (κ2) is 6.13. The summed E-state index contributed by atoms with van der Waals surface area (Å²) in [7, 11) is 2.23. The zero-order valence-corrected chi connectivity index (χ0v) is 9.99. The molecule has 7 heteroatoms. The quantitative estimate of drug-likeness (QED) is 0.638. The molecule has 1 aromatic carbocycles. The minimum atomic E-state index is -2.82. The van der Waals surface area contributed by atoms with Gasteiger partial charge in [-0.3, -0.25) is 4.89 Å². The number of halogens is 2. The van der Waals surface area contributed by atoms with Crippen molar-refractivity contribution in [2.45, 2.75) is 19.0 Å². The number of nitrogens with one attached hydrogen (secondary N) is 1. The van der Waals surface area contributed by atoms with Crippen LogP contribution in [0.15, 0.2) is 18.2 Å². The fourth-order valence-corrected chi connectivity index (χ4v) is 1.89. The van der Waals surface area contributed by atoms with Crippen molar-refractivity contribution in [2.24, 2.45) is 0 Å². The Hall–Kier alpha value is -1.18. The van der Waals surface area contributed by atoms with E-state index < -0.39 is 6.61 Å². The van der Waals surface area contributed by atoms with Crippen LogP contribution in [0.1, 0.15) is 16.9 Å². The highest BCUT2D eigenvalue weighted by atomic mass is 19.3. The van der Waals surface area contributed by atoms with Gasteiger partial charge < -0.3 is 14.9 Å². The van der Waals surface area contributed by atoms with E-state index in [9.17, 15) is 8.78 Å². The van der Waals surface area contributed by atoms with Crippen LogP contribution in [-0.2, 0) is 16.2 Å². The molecule has 0 aromatic heterocycles. The molecule has 1 aliphatic rings. The van der Waals surface area contributed by atoms with E-state index in [0.29, 0.717) is 26.2 Å². The molecule has 1 atom stereocenters. The topological polar surface area (TPSA) is 39.7 Å². The van der Waals surface area contributed by atoms with E-state index in [4.69, 9.17) is 9.69 Å². The van der Waals surface area contributed by atoms with Crippen LogP contribution in [0.2, 0.25) is 0 Å². The Kier molecular flexibility index (Phi) is 4.51. The fourth-order valence-electron chi connectivity index (χ4n) is 1.89. The van der Waals surface area contributed by atoms with Crippen molar-refractivity contribution < 1.29 is 23.2 Å². The van der Waals surface area contributed by atoms with Crippen molar-refractivity contribution >= 4 is 7.48 Å². The lowest BCUT2D eigenvalue weighted by molar-refractivity contribution is -0.183. The highest BCUT2D eigenvalue weighted by molar-refractivity contribution is 6.30. The van der Waals surface area contributed by atoms with E-state index in [1.807, 2.05) is 6.07 Å². The third-order valence-electron chi connectivity index (χ3n) is 2.76. The van der Waals surface area contributed by atoms with Gasteiger partial charge in [-0.2, -0.15) is 8.78 Å². The number of hydrogen-bond acceptors (Lipinski definition) is 4. The van der Waals surface area contributed by atoms with Crippen LogP contribution in [0, 0.1) is 0 Å². The van der Waals surface area contributed by atoms with Gasteiger partial charge in [-0.1, -0.05) is 12.1 Å². The minimum absolute atomic E-state index is 0.140. The summed E-state index contributed by atoms with van der Waals surface area (Å²) >= 11 is 0. The molecule has 1 N–H and O–H groups in total. The number of rotatable bonds is 5. The fraction of sp³-hybridized carbons (Fsp3) is 0.455. The Morgan fingerprint density at radius 1 is 1.56 bits per heavy atom. The zero-order chi connectivity index (χ0) is 13.0. The number of alkyl halides is 2. The first-order chi connectivity index (χ1) is 8.70. The molecule has 1 unspecified atom stereocenters. The second-order valence-electron chi connectivity index (χ2n) is 4.04. The van der Waals surface area contributed by atoms with Gasteiger partial charge in [-0.15, -0.1) is 0 Å². The molecule has 1 saturated heterocycles. The molecule has 1 aromatic rings. The molecule has 98 valence electrons. The number of ether oxygens (including phenoxy) is 1. The molecule has 1 aliphatic heterocycles. The third kappa shape index (κ3) is 3.19.